The fraction of sp³-hybridized carbons (Fsp3) is 0.261. The van der Waals surface area contributed by atoms with E-state index >= 15 is 0 Å². The van der Waals surface area contributed by atoms with Crippen LogP contribution in [0.25, 0.3) is 16.6 Å². The van der Waals surface area contributed by atoms with E-state index in [9.17, 15) is 9.59 Å². The minimum absolute atomic E-state index is 0.102. The molecule has 2 amide bonds. The minimum Gasteiger partial charge on any atom is -0.345 e. The first-order chi connectivity index (χ1) is 15.0. The van der Waals surface area contributed by atoms with E-state index in [0.29, 0.717) is 23.4 Å². The fourth-order valence-electron chi connectivity index (χ4n) is 4.20. The smallest absolute Gasteiger partial charge is 0.273 e. The van der Waals surface area contributed by atoms with Crippen molar-refractivity contribution in [2.75, 3.05) is 20.6 Å². The predicted molar refractivity (Wildman–Crippen MR) is 116 cm³/mol. The summed E-state index contributed by atoms with van der Waals surface area (Å²) in [5, 5.41) is 5.43. The minimum atomic E-state index is -0.159. The number of benzene rings is 1. The molecule has 4 heterocycles. The molecule has 1 unspecified atom stereocenters. The third-order valence-electron chi connectivity index (χ3n) is 5.74. The Morgan fingerprint density at radius 1 is 1.10 bits per heavy atom. The number of pyridine rings is 1. The number of para-hydroxylation sites is 1. The summed E-state index contributed by atoms with van der Waals surface area (Å²) in [6.45, 7) is 0.645. The number of likely N-dealkylation sites (tertiary alicyclic amines) is 1. The second kappa shape index (κ2) is 7.46. The zero-order valence-corrected chi connectivity index (χ0v) is 17.4. The summed E-state index contributed by atoms with van der Waals surface area (Å²) in [5.74, 6) is -0.255. The van der Waals surface area contributed by atoms with Crippen molar-refractivity contribution in [3.05, 3.63) is 71.8 Å². The molecule has 0 bridgehead atoms. The lowest BCUT2D eigenvalue weighted by Crippen LogP contribution is -2.32. The number of amides is 2. The van der Waals surface area contributed by atoms with Gasteiger partial charge in [-0.3, -0.25) is 9.59 Å². The fourth-order valence-corrected chi connectivity index (χ4v) is 4.20. The molecule has 8 heteroatoms. The quantitative estimate of drug-likeness (QED) is 0.515. The first-order valence-electron chi connectivity index (χ1n) is 10.3. The highest BCUT2D eigenvalue weighted by molar-refractivity contribution is 5.99. The first-order valence-corrected chi connectivity index (χ1v) is 10.3. The third-order valence-corrected chi connectivity index (χ3v) is 5.74. The van der Waals surface area contributed by atoms with Gasteiger partial charge in [-0.15, -0.1) is 0 Å². The Morgan fingerprint density at radius 2 is 1.94 bits per heavy atom. The van der Waals surface area contributed by atoms with Gasteiger partial charge in [0.1, 0.15) is 11.3 Å². The maximum Gasteiger partial charge on any atom is 0.273 e. The molecule has 156 valence electrons. The molecule has 31 heavy (non-hydrogen) atoms. The van der Waals surface area contributed by atoms with Crippen molar-refractivity contribution in [3.63, 3.8) is 0 Å². The van der Waals surface area contributed by atoms with Gasteiger partial charge in [-0.05, 0) is 31.0 Å². The molecule has 1 aliphatic heterocycles. The molecule has 3 aromatic heterocycles. The zero-order chi connectivity index (χ0) is 21.5. The standard InChI is InChI=1S/C23H22N6O2/c1-27(2)22(30)16-14-25-29-20(11-12-24-21(16)29)19-8-5-13-28(19)23(31)18-10-9-15-6-3-4-7-17(15)26-18/h3-4,6-7,9-12,14,19H,5,8,13H2,1-2H3. The van der Waals surface area contributed by atoms with Gasteiger partial charge in [0.25, 0.3) is 11.8 Å². The van der Waals surface area contributed by atoms with Crippen molar-refractivity contribution in [3.8, 4) is 0 Å². The number of hydrogen-bond acceptors (Lipinski definition) is 5. The largest absolute Gasteiger partial charge is 0.345 e. The van der Waals surface area contributed by atoms with Crippen LogP contribution in [0.4, 0.5) is 0 Å². The Kier molecular flexibility index (Phi) is 4.62. The second-order valence-corrected chi connectivity index (χ2v) is 7.91. The van der Waals surface area contributed by atoms with Crippen molar-refractivity contribution < 1.29 is 9.59 Å². The summed E-state index contributed by atoms with van der Waals surface area (Å²) in [6.07, 6.45) is 4.92. The lowest BCUT2D eigenvalue weighted by Gasteiger charge is -2.25. The molecule has 0 spiro atoms. The van der Waals surface area contributed by atoms with E-state index in [-0.39, 0.29) is 17.9 Å². The van der Waals surface area contributed by atoms with Gasteiger partial charge < -0.3 is 9.80 Å². The SMILES string of the molecule is CN(C)C(=O)c1cnn2c(C3CCCN3C(=O)c3ccc4ccccc4n3)ccnc12. The van der Waals surface area contributed by atoms with Crippen molar-refractivity contribution >= 4 is 28.4 Å². The summed E-state index contributed by atoms with van der Waals surface area (Å²) in [5.41, 5.74) is 3.02. The van der Waals surface area contributed by atoms with E-state index in [0.717, 1.165) is 29.4 Å². The second-order valence-electron chi connectivity index (χ2n) is 7.91. The Bertz CT molecular complexity index is 1310. The van der Waals surface area contributed by atoms with Crippen LogP contribution in [-0.4, -0.2) is 61.8 Å². The van der Waals surface area contributed by atoms with E-state index < -0.39 is 0 Å². The number of hydrogen-bond donors (Lipinski definition) is 0. The lowest BCUT2D eigenvalue weighted by atomic mass is 10.1. The normalized spacial score (nSPS) is 16.2. The van der Waals surface area contributed by atoms with Crippen molar-refractivity contribution in [1.82, 2.24) is 29.4 Å². The van der Waals surface area contributed by atoms with Crippen LogP contribution >= 0.6 is 0 Å². The Balaban J connectivity index is 1.52. The molecular formula is C23H22N6O2. The molecule has 0 aliphatic carbocycles. The highest BCUT2D eigenvalue weighted by Gasteiger charge is 2.33. The molecule has 1 atom stereocenters. The van der Waals surface area contributed by atoms with Crippen molar-refractivity contribution in [2.45, 2.75) is 18.9 Å². The summed E-state index contributed by atoms with van der Waals surface area (Å²) in [6, 6.07) is 13.2. The summed E-state index contributed by atoms with van der Waals surface area (Å²) < 4.78 is 1.68. The Hall–Kier alpha value is -3.81. The average molecular weight is 414 g/mol. The van der Waals surface area contributed by atoms with Crippen LogP contribution in [-0.2, 0) is 0 Å². The Morgan fingerprint density at radius 3 is 2.77 bits per heavy atom. The number of carbonyl (C=O) groups excluding carboxylic acids is 2. The monoisotopic (exact) mass is 414 g/mol. The highest BCUT2D eigenvalue weighted by Crippen LogP contribution is 2.33. The van der Waals surface area contributed by atoms with Crippen LogP contribution < -0.4 is 0 Å². The molecule has 0 saturated carbocycles. The van der Waals surface area contributed by atoms with Crippen LogP contribution in [0, 0.1) is 0 Å². The molecule has 8 nitrogen and oxygen atoms in total. The molecule has 1 saturated heterocycles. The van der Waals surface area contributed by atoms with Gasteiger partial charge in [-0.2, -0.15) is 5.10 Å². The van der Waals surface area contributed by atoms with Gasteiger partial charge in [0.15, 0.2) is 5.65 Å². The molecule has 1 fully saturated rings. The molecular weight excluding hydrogens is 392 g/mol. The van der Waals surface area contributed by atoms with E-state index in [1.54, 1.807) is 37.1 Å². The average Bonchev–Trinajstić information content (AvgIpc) is 3.45. The van der Waals surface area contributed by atoms with Gasteiger partial charge in [-0.1, -0.05) is 24.3 Å². The van der Waals surface area contributed by atoms with Crippen molar-refractivity contribution in [1.29, 1.82) is 0 Å². The lowest BCUT2D eigenvalue weighted by molar-refractivity contribution is 0.0725. The number of fused-ring (bicyclic) bond motifs is 2. The predicted octanol–water partition coefficient (Wildman–Crippen LogP) is 2.96. The molecule has 1 aliphatic rings. The zero-order valence-electron chi connectivity index (χ0n) is 17.4. The summed E-state index contributed by atoms with van der Waals surface area (Å²) in [7, 11) is 3.40. The number of nitrogens with zero attached hydrogens (tertiary/aromatic N) is 6. The van der Waals surface area contributed by atoms with E-state index in [1.807, 2.05) is 41.3 Å². The number of rotatable bonds is 3. The molecule has 0 radical (unpaired) electrons. The van der Waals surface area contributed by atoms with Crippen LogP contribution in [0.5, 0.6) is 0 Å². The topological polar surface area (TPSA) is 83.7 Å². The third kappa shape index (κ3) is 3.20. The van der Waals surface area contributed by atoms with Gasteiger partial charge in [0.2, 0.25) is 0 Å². The molecule has 1 aromatic carbocycles. The van der Waals surface area contributed by atoms with E-state index in [4.69, 9.17) is 0 Å². The van der Waals surface area contributed by atoms with Crippen molar-refractivity contribution in [2.24, 2.45) is 0 Å². The van der Waals surface area contributed by atoms with Crippen LogP contribution in [0.3, 0.4) is 0 Å². The maximum atomic E-state index is 13.4. The summed E-state index contributed by atoms with van der Waals surface area (Å²) in [4.78, 5) is 38.2. The van der Waals surface area contributed by atoms with Crippen LogP contribution in [0.1, 0.15) is 45.4 Å². The Labute approximate surface area is 179 Å². The first kappa shape index (κ1) is 19.2. The van der Waals surface area contributed by atoms with Gasteiger partial charge in [0, 0.05) is 32.2 Å². The number of carbonyl (C=O) groups is 2. The molecule has 4 aromatic rings. The van der Waals surface area contributed by atoms with Gasteiger partial charge >= 0.3 is 0 Å². The molecule has 5 rings (SSSR count). The van der Waals surface area contributed by atoms with Gasteiger partial charge in [0.05, 0.1) is 23.4 Å². The highest BCUT2D eigenvalue weighted by atomic mass is 16.2. The summed E-state index contributed by atoms with van der Waals surface area (Å²) >= 11 is 0. The molecule has 0 N–H and O–H groups in total. The van der Waals surface area contributed by atoms with E-state index in [2.05, 4.69) is 15.1 Å². The van der Waals surface area contributed by atoms with Crippen LogP contribution in [0.15, 0.2) is 54.9 Å². The van der Waals surface area contributed by atoms with Gasteiger partial charge in [-0.25, -0.2) is 14.5 Å². The van der Waals surface area contributed by atoms with Crippen LogP contribution in [0.2, 0.25) is 0 Å². The maximum absolute atomic E-state index is 13.4. The number of aromatic nitrogens is 4. The van der Waals surface area contributed by atoms with E-state index in [1.165, 1.54) is 4.90 Å².